The van der Waals surface area contributed by atoms with E-state index >= 15 is 0 Å². The molecule has 5 nitrogen and oxygen atoms in total. The number of halogens is 4. The van der Waals surface area contributed by atoms with Crippen LogP contribution in [0, 0.1) is 5.92 Å². The number of benzene rings is 1. The Kier molecular flexibility index (Phi) is 5.21. The first-order chi connectivity index (χ1) is 12.7. The van der Waals surface area contributed by atoms with E-state index < -0.39 is 24.2 Å². The molecule has 1 fully saturated rings. The number of rotatable bonds is 6. The van der Waals surface area contributed by atoms with Crippen molar-refractivity contribution in [2.45, 2.75) is 51.6 Å². The highest BCUT2D eigenvalue weighted by Crippen LogP contribution is 2.36. The Morgan fingerprint density at radius 2 is 1.96 bits per heavy atom. The van der Waals surface area contributed by atoms with Crippen LogP contribution in [-0.4, -0.2) is 33.2 Å². The quantitative estimate of drug-likeness (QED) is 0.698. The number of alkyl halides is 4. The number of nitrogens with zero attached hydrogens (tertiary/aromatic N) is 3. The third-order valence-corrected chi connectivity index (χ3v) is 4.67. The van der Waals surface area contributed by atoms with Gasteiger partial charge in [0.05, 0.1) is 5.92 Å². The van der Waals surface area contributed by atoms with Crippen molar-refractivity contribution >= 4 is 5.91 Å². The average molecular weight is 385 g/mol. The van der Waals surface area contributed by atoms with Gasteiger partial charge in [-0.25, -0.2) is 4.39 Å². The molecule has 1 heterocycles. The SMILES string of the molecule is CCC(C)N(Cc1ccc(-c2noc(C(F)(F)F)n2)cc1)C(=O)C1CC1F. The van der Waals surface area contributed by atoms with Gasteiger partial charge in [0.1, 0.15) is 6.17 Å². The summed E-state index contributed by atoms with van der Waals surface area (Å²) in [6.45, 7) is 4.15. The van der Waals surface area contributed by atoms with Crippen molar-refractivity contribution in [2.75, 3.05) is 0 Å². The van der Waals surface area contributed by atoms with E-state index in [1.807, 2.05) is 13.8 Å². The minimum Gasteiger partial charge on any atom is -0.335 e. The molecule has 0 spiro atoms. The van der Waals surface area contributed by atoms with E-state index in [1.165, 1.54) is 0 Å². The molecule has 0 radical (unpaired) electrons. The molecular weight excluding hydrogens is 366 g/mol. The van der Waals surface area contributed by atoms with E-state index in [4.69, 9.17) is 0 Å². The molecule has 1 aromatic carbocycles. The van der Waals surface area contributed by atoms with Gasteiger partial charge >= 0.3 is 12.1 Å². The maximum Gasteiger partial charge on any atom is 0.471 e. The summed E-state index contributed by atoms with van der Waals surface area (Å²) in [4.78, 5) is 17.4. The third kappa shape index (κ3) is 4.28. The van der Waals surface area contributed by atoms with Gasteiger partial charge in [0.25, 0.3) is 0 Å². The minimum atomic E-state index is -4.70. The average Bonchev–Trinajstić information content (AvgIpc) is 3.15. The van der Waals surface area contributed by atoms with Crippen molar-refractivity contribution in [3.63, 3.8) is 0 Å². The zero-order valence-electron chi connectivity index (χ0n) is 14.8. The van der Waals surface area contributed by atoms with Gasteiger partial charge in [-0.3, -0.25) is 4.79 Å². The van der Waals surface area contributed by atoms with Crippen molar-refractivity contribution < 1.29 is 26.9 Å². The normalized spacial score (nSPS) is 20.4. The van der Waals surface area contributed by atoms with Gasteiger partial charge in [-0.2, -0.15) is 18.2 Å². The zero-order valence-corrected chi connectivity index (χ0v) is 14.8. The summed E-state index contributed by atoms with van der Waals surface area (Å²) in [5.74, 6) is -2.32. The van der Waals surface area contributed by atoms with Crippen LogP contribution in [0.5, 0.6) is 0 Å². The maximum atomic E-state index is 13.3. The van der Waals surface area contributed by atoms with Crippen LogP contribution in [0.2, 0.25) is 0 Å². The molecule has 3 atom stereocenters. The summed E-state index contributed by atoms with van der Waals surface area (Å²) in [5.41, 5.74) is 1.15. The van der Waals surface area contributed by atoms with Gasteiger partial charge in [-0.1, -0.05) is 36.3 Å². The van der Waals surface area contributed by atoms with E-state index in [0.29, 0.717) is 12.1 Å². The highest BCUT2D eigenvalue weighted by atomic mass is 19.4. The number of amides is 1. The Morgan fingerprint density at radius 3 is 2.44 bits per heavy atom. The first-order valence-corrected chi connectivity index (χ1v) is 8.65. The van der Waals surface area contributed by atoms with E-state index in [2.05, 4.69) is 14.7 Å². The summed E-state index contributed by atoms with van der Waals surface area (Å²) in [5, 5.41) is 3.34. The Bertz CT molecular complexity index is 804. The van der Waals surface area contributed by atoms with Gasteiger partial charge in [-0.05, 0) is 25.3 Å². The fourth-order valence-corrected chi connectivity index (χ4v) is 2.72. The molecule has 0 bridgehead atoms. The van der Waals surface area contributed by atoms with Gasteiger partial charge in [-0.15, -0.1) is 0 Å². The molecule has 146 valence electrons. The molecule has 1 amide bonds. The number of hydrogen-bond donors (Lipinski definition) is 0. The summed E-state index contributed by atoms with van der Waals surface area (Å²) < 4.78 is 55.1. The second-order valence-electron chi connectivity index (χ2n) is 6.70. The van der Waals surface area contributed by atoms with E-state index in [-0.39, 0.29) is 24.2 Å². The van der Waals surface area contributed by atoms with Crippen LogP contribution in [0.4, 0.5) is 17.6 Å². The standard InChI is InChI=1S/C18H19F4N3O2/c1-3-10(2)25(16(26)13-8-14(13)19)9-11-4-6-12(7-5-11)15-23-17(27-24-15)18(20,21)22/h4-7,10,13-14H,3,8-9H2,1-2H3. The van der Waals surface area contributed by atoms with E-state index in [1.54, 1.807) is 29.2 Å². The van der Waals surface area contributed by atoms with Gasteiger partial charge < -0.3 is 9.42 Å². The second kappa shape index (κ2) is 7.28. The monoisotopic (exact) mass is 385 g/mol. The van der Waals surface area contributed by atoms with Crippen LogP contribution in [0.25, 0.3) is 11.4 Å². The summed E-state index contributed by atoms with van der Waals surface area (Å²) in [6.07, 6.45) is -4.76. The third-order valence-electron chi connectivity index (χ3n) is 4.67. The topological polar surface area (TPSA) is 59.2 Å². The largest absolute Gasteiger partial charge is 0.471 e. The Balaban J connectivity index is 1.74. The minimum absolute atomic E-state index is 0.0449. The highest BCUT2D eigenvalue weighted by molar-refractivity contribution is 5.82. The van der Waals surface area contributed by atoms with Crippen LogP contribution >= 0.6 is 0 Å². The molecule has 0 saturated heterocycles. The van der Waals surface area contributed by atoms with Crippen LogP contribution < -0.4 is 0 Å². The summed E-state index contributed by atoms with van der Waals surface area (Å²) >= 11 is 0. The first kappa shape index (κ1) is 19.3. The van der Waals surface area contributed by atoms with E-state index in [0.717, 1.165) is 12.0 Å². The fraction of sp³-hybridized carbons (Fsp3) is 0.500. The molecule has 2 aromatic rings. The van der Waals surface area contributed by atoms with Gasteiger partial charge in [0.15, 0.2) is 0 Å². The molecule has 0 N–H and O–H groups in total. The fourth-order valence-electron chi connectivity index (χ4n) is 2.72. The summed E-state index contributed by atoms with van der Waals surface area (Å²) in [7, 11) is 0. The molecule has 0 aliphatic heterocycles. The lowest BCUT2D eigenvalue weighted by atomic mass is 10.1. The summed E-state index contributed by atoms with van der Waals surface area (Å²) in [6, 6.07) is 6.45. The molecule has 9 heteroatoms. The van der Waals surface area contributed by atoms with Crippen molar-refractivity contribution in [3.05, 3.63) is 35.7 Å². The molecule has 1 aromatic heterocycles. The first-order valence-electron chi connectivity index (χ1n) is 8.65. The lowest BCUT2D eigenvalue weighted by molar-refractivity contribution is -0.159. The van der Waals surface area contributed by atoms with Crippen LogP contribution in [0.15, 0.2) is 28.8 Å². The molecule has 3 rings (SSSR count). The smallest absolute Gasteiger partial charge is 0.335 e. The van der Waals surface area contributed by atoms with Gasteiger partial charge in [0, 0.05) is 18.2 Å². The zero-order chi connectivity index (χ0) is 19.8. The van der Waals surface area contributed by atoms with Crippen molar-refractivity contribution in [1.29, 1.82) is 0 Å². The molecule has 1 saturated carbocycles. The molecule has 27 heavy (non-hydrogen) atoms. The highest BCUT2D eigenvalue weighted by Gasteiger charge is 2.46. The van der Waals surface area contributed by atoms with E-state index in [9.17, 15) is 22.4 Å². The van der Waals surface area contributed by atoms with Crippen molar-refractivity contribution in [2.24, 2.45) is 5.92 Å². The van der Waals surface area contributed by atoms with Crippen LogP contribution in [0.3, 0.4) is 0 Å². The molecule has 3 unspecified atom stereocenters. The number of carbonyl (C=O) groups excluding carboxylic acids is 1. The Labute approximate surface area is 153 Å². The van der Waals surface area contributed by atoms with Crippen LogP contribution in [-0.2, 0) is 17.5 Å². The lowest BCUT2D eigenvalue weighted by Crippen LogP contribution is -2.39. The Hall–Kier alpha value is -2.45. The maximum absolute atomic E-state index is 13.3. The molecular formula is C18H19F4N3O2. The lowest BCUT2D eigenvalue weighted by Gasteiger charge is -2.29. The van der Waals surface area contributed by atoms with Crippen molar-refractivity contribution in [3.8, 4) is 11.4 Å². The predicted molar refractivity (Wildman–Crippen MR) is 88.0 cm³/mol. The predicted octanol–water partition coefficient (Wildman–Crippen LogP) is 4.24. The number of hydrogen-bond acceptors (Lipinski definition) is 4. The van der Waals surface area contributed by atoms with Crippen molar-refractivity contribution in [1.82, 2.24) is 15.0 Å². The molecule has 1 aliphatic carbocycles. The van der Waals surface area contributed by atoms with Gasteiger partial charge in [0.2, 0.25) is 11.7 Å². The number of aromatic nitrogens is 2. The van der Waals surface area contributed by atoms with Crippen LogP contribution in [0.1, 0.15) is 38.1 Å². The Morgan fingerprint density at radius 1 is 1.33 bits per heavy atom. The number of carbonyl (C=O) groups is 1. The second-order valence-corrected chi connectivity index (χ2v) is 6.70. The molecule has 1 aliphatic rings.